The molecule has 2 amide bonds. The number of hydrogen-bond donors (Lipinski definition) is 3. The van der Waals surface area contributed by atoms with Crippen molar-refractivity contribution in [3.05, 3.63) is 52.6 Å². The molecule has 0 atom stereocenters. The molecular weight excluding hydrogens is 352 g/mol. The second-order valence-electron chi connectivity index (χ2n) is 5.03. The molecule has 0 unspecified atom stereocenters. The number of sulfonamides is 1. The number of amides is 2. The van der Waals surface area contributed by atoms with Crippen molar-refractivity contribution >= 4 is 38.8 Å². The SMILES string of the molecule is CS(=O)(=O)Nc1cccc(N(C(N)=O)c2ccc([N+](=O)[O-])cc2O)c1. The van der Waals surface area contributed by atoms with E-state index in [0.29, 0.717) is 0 Å². The maximum Gasteiger partial charge on any atom is 0.324 e. The molecule has 0 saturated carbocycles. The molecule has 2 aromatic rings. The fourth-order valence-electron chi connectivity index (χ4n) is 2.12. The lowest BCUT2D eigenvalue weighted by Crippen LogP contribution is -2.31. The lowest BCUT2D eigenvalue weighted by atomic mass is 10.2. The normalized spacial score (nSPS) is 10.9. The van der Waals surface area contributed by atoms with Crippen molar-refractivity contribution in [2.75, 3.05) is 15.9 Å². The first-order chi connectivity index (χ1) is 11.6. The van der Waals surface area contributed by atoms with Gasteiger partial charge in [0.1, 0.15) is 5.75 Å². The number of primary amides is 1. The van der Waals surface area contributed by atoms with Gasteiger partial charge >= 0.3 is 6.03 Å². The van der Waals surface area contributed by atoms with Crippen LogP contribution in [0, 0.1) is 10.1 Å². The van der Waals surface area contributed by atoms with Gasteiger partial charge in [-0.3, -0.25) is 19.7 Å². The van der Waals surface area contributed by atoms with E-state index in [1.165, 1.54) is 24.3 Å². The lowest BCUT2D eigenvalue weighted by Gasteiger charge is -2.22. The molecule has 132 valence electrons. The minimum atomic E-state index is -3.54. The van der Waals surface area contributed by atoms with Crippen LogP contribution in [0.5, 0.6) is 5.75 Å². The largest absolute Gasteiger partial charge is 0.505 e. The Kier molecular flexibility index (Phi) is 4.79. The van der Waals surface area contributed by atoms with Gasteiger partial charge in [0, 0.05) is 6.07 Å². The quantitative estimate of drug-likeness (QED) is 0.542. The van der Waals surface area contributed by atoms with Crippen LogP contribution >= 0.6 is 0 Å². The molecule has 10 nitrogen and oxygen atoms in total. The molecule has 0 spiro atoms. The third kappa shape index (κ3) is 4.35. The summed E-state index contributed by atoms with van der Waals surface area (Å²) in [4.78, 5) is 22.8. The predicted molar refractivity (Wildman–Crippen MR) is 91.4 cm³/mol. The van der Waals surface area contributed by atoms with E-state index in [-0.39, 0.29) is 22.7 Å². The Morgan fingerprint density at radius 3 is 2.48 bits per heavy atom. The first-order valence-corrected chi connectivity index (χ1v) is 8.62. The van der Waals surface area contributed by atoms with Crippen molar-refractivity contribution < 1.29 is 23.2 Å². The van der Waals surface area contributed by atoms with Gasteiger partial charge in [0.2, 0.25) is 10.0 Å². The van der Waals surface area contributed by atoms with Crippen LogP contribution in [0.25, 0.3) is 0 Å². The Balaban J connectivity index is 2.51. The van der Waals surface area contributed by atoms with Crippen LogP contribution in [0.1, 0.15) is 0 Å². The van der Waals surface area contributed by atoms with E-state index >= 15 is 0 Å². The highest BCUT2D eigenvalue weighted by Gasteiger charge is 2.21. The molecule has 0 radical (unpaired) electrons. The summed E-state index contributed by atoms with van der Waals surface area (Å²) in [7, 11) is -3.54. The van der Waals surface area contributed by atoms with Gasteiger partial charge in [-0.2, -0.15) is 0 Å². The standard InChI is InChI=1S/C14H14N4O6S/c1-25(23,24)16-9-3-2-4-10(7-9)17(14(15)20)12-6-5-11(18(21)22)8-13(12)19/h2-8,16,19H,1H3,(H2,15,20). The van der Waals surface area contributed by atoms with Gasteiger partial charge in [-0.05, 0) is 24.3 Å². The summed E-state index contributed by atoms with van der Waals surface area (Å²) < 4.78 is 24.9. The van der Waals surface area contributed by atoms with Crippen LogP contribution in [0.4, 0.5) is 27.5 Å². The Morgan fingerprint density at radius 1 is 1.28 bits per heavy atom. The van der Waals surface area contributed by atoms with Crippen LogP contribution in [0.3, 0.4) is 0 Å². The lowest BCUT2D eigenvalue weighted by molar-refractivity contribution is -0.384. The van der Waals surface area contributed by atoms with Crippen molar-refractivity contribution in [3.63, 3.8) is 0 Å². The summed E-state index contributed by atoms with van der Waals surface area (Å²) in [6.45, 7) is 0. The van der Waals surface area contributed by atoms with E-state index in [4.69, 9.17) is 5.73 Å². The van der Waals surface area contributed by atoms with Crippen molar-refractivity contribution in [3.8, 4) is 5.75 Å². The molecule has 4 N–H and O–H groups in total. The van der Waals surface area contributed by atoms with Gasteiger partial charge in [0.25, 0.3) is 5.69 Å². The van der Waals surface area contributed by atoms with E-state index in [9.17, 15) is 28.4 Å². The maximum absolute atomic E-state index is 11.8. The molecular formula is C14H14N4O6S. The topological polar surface area (TPSA) is 156 Å². The Hall–Kier alpha value is -3.34. The monoisotopic (exact) mass is 366 g/mol. The fraction of sp³-hybridized carbons (Fsp3) is 0.0714. The zero-order chi connectivity index (χ0) is 18.8. The Labute approximate surface area is 142 Å². The van der Waals surface area contributed by atoms with Crippen LogP contribution in [-0.2, 0) is 10.0 Å². The highest BCUT2D eigenvalue weighted by atomic mass is 32.2. The average Bonchev–Trinajstić information content (AvgIpc) is 2.47. The van der Waals surface area contributed by atoms with E-state index in [1.807, 2.05) is 0 Å². The number of urea groups is 1. The Bertz CT molecular complexity index is 944. The van der Waals surface area contributed by atoms with Crippen molar-refractivity contribution in [2.45, 2.75) is 0 Å². The van der Waals surface area contributed by atoms with E-state index < -0.39 is 26.7 Å². The number of aromatic hydroxyl groups is 1. The summed E-state index contributed by atoms with van der Waals surface area (Å²) in [6, 6.07) is 7.88. The molecule has 25 heavy (non-hydrogen) atoms. The summed E-state index contributed by atoms with van der Waals surface area (Å²) in [5, 5.41) is 20.8. The molecule has 0 saturated heterocycles. The van der Waals surface area contributed by atoms with Gasteiger partial charge in [-0.25, -0.2) is 13.2 Å². The zero-order valence-electron chi connectivity index (χ0n) is 12.9. The van der Waals surface area contributed by atoms with Gasteiger partial charge < -0.3 is 10.8 Å². The van der Waals surface area contributed by atoms with Crippen LogP contribution in [0.2, 0.25) is 0 Å². The summed E-state index contributed by atoms with van der Waals surface area (Å²) in [5.41, 5.74) is 5.23. The minimum absolute atomic E-state index is 0.0883. The van der Waals surface area contributed by atoms with Crippen LogP contribution in [0.15, 0.2) is 42.5 Å². The molecule has 0 fully saturated rings. The molecule has 0 aliphatic heterocycles. The van der Waals surface area contributed by atoms with Crippen LogP contribution < -0.4 is 15.4 Å². The average molecular weight is 366 g/mol. The molecule has 2 aromatic carbocycles. The number of hydrogen-bond acceptors (Lipinski definition) is 6. The Morgan fingerprint density at radius 2 is 1.96 bits per heavy atom. The third-order valence-corrected chi connectivity index (χ3v) is 3.65. The van der Waals surface area contributed by atoms with Gasteiger partial charge in [-0.1, -0.05) is 6.07 Å². The predicted octanol–water partition coefficient (Wildman–Crippen LogP) is 1.89. The minimum Gasteiger partial charge on any atom is -0.505 e. The molecule has 11 heteroatoms. The number of carbonyl (C=O) groups is 1. The highest BCUT2D eigenvalue weighted by molar-refractivity contribution is 7.92. The van der Waals surface area contributed by atoms with Crippen molar-refractivity contribution in [2.24, 2.45) is 5.73 Å². The number of nitrogens with one attached hydrogen (secondary N) is 1. The number of phenols is 1. The number of anilines is 3. The molecule has 0 aliphatic rings. The summed E-state index contributed by atoms with van der Waals surface area (Å²) in [5.74, 6) is -0.533. The summed E-state index contributed by atoms with van der Waals surface area (Å²) >= 11 is 0. The number of non-ortho nitro benzene ring substituents is 1. The smallest absolute Gasteiger partial charge is 0.324 e. The van der Waals surface area contributed by atoms with E-state index in [1.54, 1.807) is 0 Å². The number of nitrogens with zero attached hydrogens (tertiary/aromatic N) is 2. The number of nitro groups is 1. The van der Waals surface area contributed by atoms with Gasteiger partial charge in [-0.15, -0.1) is 0 Å². The maximum atomic E-state index is 11.8. The highest BCUT2D eigenvalue weighted by Crippen LogP contribution is 2.36. The molecule has 0 aromatic heterocycles. The number of rotatable bonds is 5. The molecule has 0 aliphatic carbocycles. The number of phenolic OH excluding ortho intramolecular Hbond substituents is 1. The number of carbonyl (C=O) groups excluding carboxylic acids is 1. The van der Waals surface area contributed by atoms with E-state index in [2.05, 4.69) is 4.72 Å². The fourth-order valence-corrected chi connectivity index (χ4v) is 2.68. The number of nitro benzene ring substituents is 1. The third-order valence-electron chi connectivity index (χ3n) is 3.04. The van der Waals surface area contributed by atoms with Crippen molar-refractivity contribution in [1.29, 1.82) is 0 Å². The first-order valence-electron chi connectivity index (χ1n) is 6.73. The zero-order valence-corrected chi connectivity index (χ0v) is 13.7. The second kappa shape index (κ2) is 6.65. The van der Waals surface area contributed by atoms with Crippen molar-refractivity contribution in [1.82, 2.24) is 0 Å². The van der Waals surface area contributed by atoms with Crippen LogP contribution in [-0.4, -0.2) is 30.7 Å². The van der Waals surface area contributed by atoms with Gasteiger partial charge in [0.15, 0.2) is 0 Å². The number of benzene rings is 2. The molecule has 0 heterocycles. The molecule has 0 bridgehead atoms. The molecule has 2 rings (SSSR count). The second-order valence-corrected chi connectivity index (χ2v) is 6.78. The van der Waals surface area contributed by atoms with E-state index in [0.717, 1.165) is 29.4 Å². The number of nitrogens with two attached hydrogens (primary N) is 1. The first kappa shape index (κ1) is 18.0. The summed E-state index contributed by atoms with van der Waals surface area (Å²) in [6.07, 6.45) is 0.966. The van der Waals surface area contributed by atoms with Gasteiger partial charge in [0.05, 0.1) is 34.3 Å².